The minimum atomic E-state index is -1.40. The third-order valence-corrected chi connectivity index (χ3v) is 4.30. The van der Waals surface area contributed by atoms with E-state index in [0.29, 0.717) is 0 Å². The predicted molar refractivity (Wildman–Crippen MR) is 85.1 cm³/mol. The standard InChI is InChI=1S/C17H22N2O5/c20-10-13-14(21)15(22)16(23)17(24-13)19-9-8-12(18-19)7-6-11-4-2-1-3-5-11/h1-5,8-9,13-17,20-23H,6-7,10H2/t13-,14-,15+,16-,17-/m1/s1. The molecule has 1 aliphatic heterocycles. The zero-order valence-corrected chi connectivity index (χ0v) is 13.1. The van der Waals surface area contributed by atoms with Gasteiger partial charge in [0.2, 0.25) is 0 Å². The van der Waals surface area contributed by atoms with Gasteiger partial charge in [0.15, 0.2) is 6.23 Å². The van der Waals surface area contributed by atoms with Crippen molar-refractivity contribution in [3.05, 3.63) is 53.9 Å². The SMILES string of the molecule is OC[C@H]1O[C@@H](n2ccc(CCc3ccccc3)n2)[C@H](O)[C@@H](O)[C@@H]1O. The van der Waals surface area contributed by atoms with E-state index in [1.54, 1.807) is 6.20 Å². The van der Waals surface area contributed by atoms with Crippen molar-refractivity contribution in [2.24, 2.45) is 0 Å². The maximum absolute atomic E-state index is 10.1. The fraction of sp³-hybridized carbons (Fsp3) is 0.471. The van der Waals surface area contributed by atoms with Crippen LogP contribution in [0.1, 0.15) is 17.5 Å². The van der Waals surface area contributed by atoms with Crippen LogP contribution in [-0.4, -0.2) is 61.2 Å². The van der Waals surface area contributed by atoms with E-state index in [0.717, 1.165) is 18.5 Å². The van der Waals surface area contributed by atoms with Crippen LogP contribution in [0.2, 0.25) is 0 Å². The number of aliphatic hydroxyl groups excluding tert-OH is 4. The largest absolute Gasteiger partial charge is 0.394 e. The Bertz CT molecular complexity index is 645. The quantitative estimate of drug-likeness (QED) is 0.595. The third kappa shape index (κ3) is 3.50. The molecular weight excluding hydrogens is 312 g/mol. The van der Waals surface area contributed by atoms with Gasteiger partial charge < -0.3 is 25.2 Å². The molecule has 1 aliphatic rings. The normalized spacial score (nSPS) is 30.4. The lowest BCUT2D eigenvalue weighted by Gasteiger charge is -2.39. The Morgan fingerprint density at radius 1 is 0.958 bits per heavy atom. The summed E-state index contributed by atoms with van der Waals surface area (Å²) in [4.78, 5) is 0. The molecule has 130 valence electrons. The van der Waals surface area contributed by atoms with Crippen molar-refractivity contribution in [2.45, 2.75) is 43.5 Å². The van der Waals surface area contributed by atoms with Crippen LogP contribution in [0.15, 0.2) is 42.6 Å². The highest BCUT2D eigenvalue weighted by Crippen LogP contribution is 2.28. The monoisotopic (exact) mass is 334 g/mol. The summed E-state index contributed by atoms with van der Waals surface area (Å²) >= 11 is 0. The molecule has 1 aromatic heterocycles. The predicted octanol–water partition coefficient (Wildman–Crippen LogP) is -0.359. The van der Waals surface area contributed by atoms with Crippen molar-refractivity contribution in [3.8, 4) is 0 Å². The summed E-state index contributed by atoms with van der Waals surface area (Å²) < 4.78 is 6.90. The van der Waals surface area contributed by atoms with Crippen LogP contribution in [0.4, 0.5) is 0 Å². The zero-order chi connectivity index (χ0) is 17.1. The number of nitrogens with zero attached hydrogens (tertiary/aromatic N) is 2. The Morgan fingerprint density at radius 2 is 1.71 bits per heavy atom. The van der Waals surface area contributed by atoms with Gasteiger partial charge in [-0.1, -0.05) is 30.3 Å². The number of aromatic nitrogens is 2. The van der Waals surface area contributed by atoms with E-state index in [1.165, 1.54) is 10.2 Å². The lowest BCUT2D eigenvalue weighted by atomic mass is 9.98. The smallest absolute Gasteiger partial charge is 0.179 e. The first kappa shape index (κ1) is 17.1. The van der Waals surface area contributed by atoms with Crippen LogP contribution in [-0.2, 0) is 17.6 Å². The van der Waals surface area contributed by atoms with Gasteiger partial charge in [0.25, 0.3) is 0 Å². The molecule has 0 radical (unpaired) electrons. The Hall–Kier alpha value is -1.77. The van der Waals surface area contributed by atoms with Gasteiger partial charge in [0, 0.05) is 6.20 Å². The highest BCUT2D eigenvalue weighted by molar-refractivity contribution is 5.16. The second kappa shape index (κ2) is 7.42. The Balaban J connectivity index is 1.68. The van der Waals surface area contributed by atoms with E-state index < -0.39 is 37.3 Å². The molecule has 0 aliphatic carbocycles. The number of rotatable bonds is 5. The first-order valence-corrected chi connectivity index (χ1v) is 7.98. The molecule has 24 heavy (non-hydrogen) atoms. The molecule has 1 aromatic carbocycles. The first-order chi connectivity index (χ1) is 11.6. The molecular formula is C17H22N2O5. The number of benzene rings is 1. The number of aliphatic hydroxyl groups is 4. The Kier molecular flexibility index (Phi) is 5.27. The molecule has 3 rings (SSSR count). The van der Waals surface area contributed by atoms with Gasteiger partial charge in [-0.05, 0) is 24.5 Å². The van der Waals surface area contributed by atoms with Gasteiger partial charge in [0.1, 0.15) is 24.4 Å². The average molecular weight is 334 g/mol. The van der Waals surface area contributed by atoms with E-state index >= 15 is 0 Å². The number of hydrogen-bond donors (Lipinski definition) is 4. The Labute approximate surface area is 139 Å². The van der Waals surface area contributed by atoms with Gasteiger partial charge in [-0.25, -0.2) is 4.68 Å². The maximum Gasteiger partial charge on any atom is 0.179 e. The summed E-state index contributed by atoms with van der Waals surface area (Å²) in [6.45, 7) is -0.455. The molecule has 0 spiro atoms. The van der Waals surface area contributed by atoms with E-state index in [2.05, 4.69) is 17.2 Å². The lowest BCUT2D eigenvalue weighted by molar-refractivity contribution is -0.253. The van der Waals surface area contributed by atoms with Gasteiger partial charge in [-0.3, -0.25) is 0 Å². The summed E-state index contributed by atoms with van der Waals surface area (Å²) in [5, 5.41) is 43.4. The van der Waals surface area contributed by atoms with Gasteiger partial charge in [-0.2, -0.15) is 5.10 Å². The molecule has 2 heterocycles. The third-order valence-electron chi connectivity index (χ3n) is 4.30. The molecule has 1 fully saturated rings. The minimum absolute atomic E-state index is 0.455. The molecule has 1 saturated heterocycles. The van der Waals surface area contributed by atoms with Crippen molar-refractivity contribution in [1.82, 2.24) is 9.78 Å². The minimum Gasteiger partial charge on any atom is -0.394 e. The van der Waals surface area contributed by atoms with E-state index in [4.69, 9.17) is 4.74 Å². The number of aryl methyl sites for hydroxylation is 2. The molecule has 7 heteroatoms. The topological polar surface area (TPSA) is 108 Å². The summed E-state index contributed by atoms with van der Waals surface area (Å²) in [6, 6.07) is 11.9. The molecule has 2 aromatic rings. The van der Waals surface area contributed by atoms with Crippen LogP contribution in [0.3, 0.4) is 0 Å². The van der Waals surface area contributed by atoms with Gasteiger partial charge in [-0.15, -0.1) is 0 Å². The van der Waals surface area contributed by atoms with Crippen LogP contribution in [0.25, 0.3) is 0 Å². The Morgan fingerprint density at radius 3 is 2.42 bits per heavy atom. The maximum atomic E-state index is 10.1. The van der Waals surface area contributed by atoms with Crippen molar-refractivity contribution < 1.29 is 25.2 Å². The van der Waals surface area contributed by atoms with Crippen LogP contribution >= 0.6 is 0 Å². The highest BCUT2D eigenvalue weighted by Gasteiger charge is 2.44. The van der Waals surface area contributed by atoms with E-state index in [9.17, 15) is 20.4 Å². The van der Waals surface area contributed by atoms with Crippen LogP contribution in [0.5, 0.6) is 0 Å². The van der Waals surface area contributed by atoms with Gasteiger partial charge >= 0.3 is 0 Å². The summed E-state index contributed by atoms with van der Waals surface area (Å²) in [6.07, 6.45) is -2.76. The van der Waals surface area contributed by atoms with E-state index in [-0.39, 0.29) is 0 Å². The number of ether oxygens (including phenoxy) is 1. The highest BCUT2D eigenvalue weighted by atomic mass is 16.6. The molecule has 5 atom stereocenters. The average Bonchev–Trinajstić information content (AvgIpc) is 3.08. The van der Waals surface area contributed by atoms with Gasteiger partial charge in [0.05, 0.1) is 12.3 Å². The summed E-state index contributed by atoms with van der Waals surface area (Å²) in [7, 11) is 0. The molecule has 0 amide bonds. The first-order valence-electron chi connectivity index (χ1n) is 7.98. The van der Waals surface area contributed by atoms with Crippen LogP contribution in [0, 0.1) is 0 Å². The van der Waals surface area contributed by atoms with Crippen molar-refractivity contribution in [1.29, 1.82) is 0 Å². The molecule has 7 nitrogen and oxygen atoms in total. The lowest BCUT2D eigenvalue weighted by Crippen LogP contribution is -2.56. The fourth-order valence-corrected chi connectivity index (χ4v) is 2.87. The second-order valence-corrected chi connectivity index (χ2v) is 5.99. The molecule has 0 unspecified atom stereocenters. The van der Waals surface area contributed by atoms with Crippen molar-refractivity contribution in [2.75, 3.05) is 6.61 Å². The zero-order valence-electron chi connectivity index (χ0n) is 13.1. The van der Waals surface area contributed by atoms with E-state index in [1.807, 2.05) is 24.3 Å². The molecule has 0 bridgehead atoms. The molecule has 0 saturated carbocycles. The number of hydrogen-bond acceptors (Lipinski definition) is 6. The fourth-order valence-electron chi connectivity index (χ4n) is 2.87. The van der Waals surface area contributed by atoms with Crippen LogP contribution < -0.4 is 0 Å². The van der Waals surface area contributed by atoms with Crippen molar-refractivity contribution >= 4 is 0 Å². The molecule has 4 N–H and O–H groups in total. The summed E-state index contributed by atoms with van der Waals surface area (Å²) in [5.74, 6) is 0. The summed E-state index contributed by atoms with van der Waals surface area (Å²) in [5.41, 5.74) is 2.04. The van der Waals surface area contributed by atoms with Crippen molar-refractivity contribution in [3.63, 3.8) is 0 Å². The second-order valence-electron chi connectivity index (χ2n) is 5.99.